The van der Waals surface area contributed by atoms with Crippen LogP contribution in [0.2, 0.25) is 0 Å². The van der Waals surface area contributed by atoms with Crippen molar-refractivity contribution in [2.45, 2.75) is 38.7 Å². The van der Waals surface area contributed by atoms with Crippen LogP contribution in [0, 0.1) is 5.92 Å². The molecule has 0 saturated heterocycles. The zero-order chi connectivity index (χ0) is 37.6. The molecule has 4 aromatic carbocycles. The van der Waals surface area contributed by atoms with E-state index in [4.69, 9.17) is 10.5 Å². The first-order chi connectivity index (χ1) is 24.7. The lowest BCUT2D eigenvalue weighted by atomic mass is 9.99. The van der Waals surface area contributed by atoms with Crippen LogP contribution >= 0.6 is 0 Å². The Morgan fingerprint density at radius 2 is 1.63 bits per heavy atom. The molecule has 274 valence electrons. The van der Waals surface area contributed by atoms with E-state index in [0.29, 0.717) is 42.3 Å². The topological polar surface area (TPSA) is 149 Å². The standard InChI is InChI=1S/C38H41F3N6O5/c1-23-19-47(24(2)22-48)36(50)30-18-29(44-37(51)43-28-14-12-27(13-15-28)38(39,40)41)16-17-33(30)52-34(23)21-46(3)20-25-8-10-26(11-9-25)35(49)45-32-7-5-4-6-31(32)42/h4-18,23-24,34,48H,19-22,42H2,1-3H3,(H,45,49)(H2,43,44,51)/t23-,24+,34-/m1/s1. The monoisotopic (exact) mass is 718 g/mol. The van der Waals surface area contributed by atoms with Gasteiger partial charge in [0, 0.05) is 42.5 Å². The minimum Gasteiger partial charge on any atom is -0.488 e. The number of urea groups is 1. The van der Waals surface area contributed by atoms with Crippen molar-refractivity contribution in [1.82, 2.24) is 9.80 Å². The summed E-state index contributed by atoms with van der Waals surface area (Å²) in [4.78, 5) is 43.0. The van der Waals surface area contributed by atoms with Crippen LogP contribution in [0.15, 0.2) is 91.0 Å². The van der Waals surface area contributed by atoms with Gasteiger partial charge in [-0.05, 0) is 86.3 Å². The molecule has 1 aliphatic heterocycles. The summed E-state index contributed by atoms with van der Waals surface area (Å²) in [6, 6.07) is 21.7. The fraction of sp³-hybridized carbons (Fsp3) is 0.289. The Morgan fingerprint density at radius 1 is 0.981 bits per heavy atom. The van der Waals surface area contributed by atoms with E-state index in [0.717, 1.165) is 29.8 Å². The summed E-state index contributed by atoms with van der Waals surface area (Å²) in [6.45, 7) is 4.76. The number of halogens is 3. The minimum atomic E-state index is -4.50. The fourth-order valence-corrected chi connectivity index (χ4v) is 5.80. The molecule has 52 heavy (non-hydrogen) atoms. The van der Waals surface area contributed by atoms with Crippen molar-refractivity contribution in [1.29, 1.82) is 0 Å². The number of fused-ring (bicyclic) bond motifs is 1. The van der Waals surface area contributed by atoms with E-state index in [1.54, 1.807) is 60.4 Å². The molecule has 0 aliphatic carbocycles. The van der Waals surface area contributed by atoms with Crippen molar-refractivity contribution in [2.75, 3.05) is 48.4 Å². The van der Waals surface area contributed by atoms with Crippen LogP contribution in [0.1, 0.15) is 45.7 Å². The second-order valence-corrected chi connectivity index (χ2v) is 12.9. The molecule has 11 nitrogen and oxygen atoms in total. The number of aliphatic hydroxyl groups is 1. The number of para-hydroxylation sites is 2. The summed E-state index contributed by atoms with van der Waals surface area (Å²) >= 11 is 0. The van der Waals surface area contributed by atoms with Gasteiger partial charge in [-0.3, -0.25) is 14.5 Å². The maximum Gasteiger partial charge on any atom is 0.416 e. The highest BCUT2D eigenvalue weighted by atomic mass is 19.4. The average molecular weight is 719 g/mol. The first-order valence-electron chi connectivity index (χ1n) is 16.6. The Morgan fingerprint density at radius 3 is 2.29 bits per heavy atom. The lowest BCUT2D eigenvalue weighted by Gasteiger charge is -2.38. The number of nitrogen functional groups attached to an aromatic ring is 1. The van der Waals surface area contributed by atoms with Crippen LogP contribution in [0.4, 0.5) is 40.7 Å². The Labute approximate surface area is 299 Å². The molecule has 4 aromatic rings. The van der Waals surface area contributed by atoms with Crippen molar-refractivity contribution >= 4 is 40.6 Å². The van der Waals surface area contributed by atoms with Gasteiger partial charge in [0.05, 0.1) is 35.2 Å². The van der Waals surface area contributed by atoms with Crippen LogP contribution < -0.4 is 26.4 Å². The van der Waals surface area contributed by atoms with Crippen molar-refractivity contribution in [2.24, 2.45) is 5.92 Å². The van der Waals surface area contributed by atoms with Crippen LogP contribution in [0.3, 0.4) is 0 Å². The third-order valence-corrected chi connectivity index (χ3v) is 8.76. The van der Waals surface area contributed by atoms with Gasteiger partial charge in [-0.1, -0.05) is 31.2 Å². The van der Waals surface area contributed by atoms with Gasteiger partial charge in [0.2, 0.25) is 0 Å². The van der Waals surface area contributed by atoms with Gasteiger partial charge in [-0.2, -0.15) is 13.2 Å². The molecule has 14 heteroatoms. The molecule has 0 aromatic heterocycles. The molecule has 3 atom stereocenters. The van der Waals surface area contributed by atoms with Crippen LogP contribution in [0.25, 0.3) is 0 Å². The molecule has 0 fully saturated rings. The highest BCUT2D eigenvalue weighted by Gasteiger charge is 2.34. The summed E-state index contributed by atoms with van der Waals surface area (Å²) < 4.78 is 45.2. The number of nitrogens with two attached hydrogens (primary N) is 1. The van der Waals surface area contributed by atoms with Crippen molar-refractivity contribution < 1.29 is 37.4 Å². The Hall–Kier alpha value is -5.60. The van der Waals surface area contributed by atoms with Gasteiger partial charge in [-0.15, -0.1) is 0 Å². The van der Waals surface area contributed by atoms with Crippen LogP contribution in [0.5, 0.6) is 5.75 Å². The molecule has 0 bridgehead atoms. The number of aliphatic hydroxyl groups excluding tert-OH is 1. The Balaban J connectivity index is 1.27. The predicted octanol–water partition coefficient (Wildman–Crippen LogP) is 6.54. The first kappa shape index (κ1) is 37.7. The van der Waals surface area contributed by atoms with Gasteiger partial charge in [-0.25, -0.2) is 4.79 Å². The van der Waals surface area contributed by atoms with E-state index in [-0.39, 0.29) is 47.4 Å². The number of likely N-dealkylation sites (N-methyl/N-ethyl adjacent to an activating group) is 1. The summed E-state index contributed by atoms with van der Waals surface area (Å²) in [7, 11) is 1.94. The fourth-order valence-electron chi connectivity index (χ4n) is 5.80. The Kier molecular flexibility index (Phi) is 11.7. The van der Waals surface area contributed by atoms with Crippen LogP contribution in [-0.4, -0.2) is 71.6 Å². The molecule has 5 rings (SSSR count). The molecule has 0 spiro atoms. The molecule has 1 aliphatic rings. The number of ether oxygens (including phenoxy) is 1. The normalized spacial score (nSPS) is 16.6. The van der Waals surface area contributed by atoms with E-state index in [2.05, 4.69) is 20.9 Å². The third kappa shape index (κ3) is 9.38. The molecular formula is C38H41F3N6O5. The number of carbonyl (C=O) groups excluding carboxylic acids is 3. The number of benzene rings is 4. The average Bonchev–Trinajstić information content (AvgIpc) is 3.10. The molecule has 4 amide bonds. The molecule has 0 radical (unpaired) electrons. The SMILES string of the molecule is C[C@@H]1CN([C@@H](C)CO)C(=O)c2cc(NC(=O)Nc3ccc(C(F)(F)F)cc3)ccc2O[C@@H]1CN(C)Cc1ccc(C(=O)Nc2ccccc2N)cc1. The van der Waals surface area contributed by atoms with Crippen molar-refractivity contribution in [3.8, 4) is 5.75 Å². The predicted molar refractivity (Wildman–Crippen MR) is 193 cm³/mol. The molecule has 6 N–H and O–H groups in total. The largest absolute Gasteiger partial charge is 0.488 e. The van der Waals surface area contributed by atoms with Crippen molar-refractivity contribution in [3.05, 3.63) is 113 Å². The second kappa shape index (κ2) is 16.2. The lowest BCUT2D eigenvalue weighted by molar-refractivity contribution is -0.137. The zero-order valence-corrected chi connectivity index (χ0v) is 28.9. The maximum absolute atomic E-state index is 13.8. The van der Waals surface area contributed by atoms with Gasteiger partial charge >= 0.3 is 12.2 Å². The molecule has 0 saturated carbocycles. The number of alkyl halides is 3. The number of nitrogens with zero attached hydrogens (tertiary/aromatic N) is 2. The minimum absolute atomic E-state index is 0.141. The van der Waals surface area contributed by atoms with Gasteiger partial charge < -0.3 is 36.4 Å². The molecule has 0 unspecified atom stereocenters. The molecular weight excluding hydrogens is 677 g/mol. The third-order valence-electron chi connectivity index (χ3n) is 8.76. The number of anilines is 4. The first-order valence-corrected chi connectivity index (χ1v) is 16.6. The van der Waals surface area contributed by atoms with Gasteiger partial charge in [0.25, 0.3) is 11.8 Å². The highest BCUT2D eigenvalue weighted by Crippen LogP contribution is 2.32. The second-order valence-electron chi connectivity index (χ2n) is 12.9. The van der Waals surface area contributed by atoms with Crippen LogP contribution in [-0.2, 0) is 12.7 Å². The number of carbonyl (C=O) groups is 3. The van der Waals surface area contributed by atoms with E-state index in [1.807, 2.05) is 26.1 Å². The number of hydrogen-bond acceptors (Lipinski definition) is 7. The zero-order valence-electron chi connectivity index (χ0n) is 28.9. The Bertz CT molecular complexity index is 1890. The van der Waals surface area contributed by atoms with E-state index >= 15 is 0 Å². The summed E-state index contributed by atoms with van der Waals surface area (Å²) in [6.07, 6.45) is -4.88. The maximum atomic E-state index is 13.8. The summed E-state index contributed by atoms with van der Waals surface area (Å²) in [5, 5.41) is 17.9. The number of nitrogens with one attached hydrogen (secondary N) is 3. The van der Waals surface area contributed by atoms with E-state index in [1.165, 1.54) is 6.07 Å². The van der Waals surface area contributed by atoms with Gasteiger partial charge in [0.1, 0.15) is 11.9 Å². The van der Waals surface area contributed by atoms with Crippen molar-refractivity contribution in [3.63, 3.8) is 0 Å². The van der Waals surface area contributed by atoms with E-state index in [9.17, 15) is 32.7 Å². The quantitative estimate of drug-likeness (QED) is 0.117. The summed E-state index contributed by atoms with van der Waals surface area (Å²) in [5.74, 6) is -0.505. The smallest absolute Gasteiger partial charge is 0.416 e. The highest BCUT2D eigenvalue weighted by molar-refractivity contribution is 6.06. The van der Waals surface area contributed by atoms with E-state index < -0.39 is 23.8 Å². The van der Waals surface area contributed by atoms with Gasteiger partial charge in [0.15, 0.2) is 0 Å². The summed E-state index contributed by atoms with van der Waals surface area (Å²) in [5.41, 5.74) is 8.15. The molecule has 1 heterocycles. The number of hydrogen-bond donors (Lipinski definition) is 5. The lowest BCUT2D eigenvalue weighted by Crippen LogP contribution is -2.49. The number of amides is 4. The number of rotatable bonds is 10.